The first-order chi connectivity index (χ1) is 9.16. The Morgan fingerprint density at radius 1 is 1.37 bits per heavy atom. The highest BCUT2D eigenvalue weighted by Crippen LogP contribution is 2.34. The molecule has 2 unspecified atom stereocenters. The number of rotatable bonds is 3. The fourth-order valence-corrected chi connectivity index (χ4v) is 2.89. The molecule has 19 heavy (non-hydrogen) atoms. The van der Waals surface area contributed by atoms with E-state index in [0.29, 0.717) is 6.61 Å². The lowest BCUT2D eigenvalue weighted by Crippen LogP contribution is -2.34. The largest absolute Gasteiger partial charge is 0.392 e. The molecule has 0 spiro atoms. The number of aliphatic hydroxyl groups excluding tert-OH is 1. The SMILES string of the molecule is CC1(c2ccccc2)OCC(CN2CC[C@H](O)C2)O1. The average Bonchev–Trinajstić information content (AvgIpc) is 2.99. The summed E-state index contributed by atoms with van der Waals surface area (Å²) in [6, 6.07) is 10.0. The molecule has 1 aromatic rings. The smallest absolute Gasteiger partial charge is 0.192 e. The van der Waals surface area contributed by atoms with Gasteiger partial charge in [0.2, 0.25) is 0 Å². The summed E-state index contributed by atoms with van der Waals surface area (Å²) >= 11 is 0. The molecular formula is C15H21NO3. The first kappa shape index (κ1) is 13.1. The zero-order chi connectivity index (χ0) is 13.3. The van der Waals surface area contributed by atoms with E-state index >= 15 is 0 Å². The van der Waals surface area contributed by atoms with E-state index in [-0.39, 0.29) is 12.2 Å². The predicted molar refractivity (Wildman–Crippen MR) is 71.7 cm³/mol. The van der Waals surface area contributed by atoms with Crippen LogP contribution in [0.5, 0.6) is 0 Å². The minimum Gasteiger partial charge on any atom is -0.392 e. The van der Waals surface area contributed by atoms with E-state index in [2.05, 4.69) is 4.90 Å². The maximum Gasteiger partial charge on any atom is 0.192 e. The molecule has 0 saturated carbocycles. The Kier molecular flexibility index (Phi) is 3.58. The Morgan fingerprint density at radius 2 is 2.16 bits per heavy atom. The number of hydrogen-bond donors (Lipinski definition) is 1. The van der Waals surface area contributed by atoms with Gasteiger partial charge in [0.05, 0.1) is 18.8 Å². The summed E-state index contributed by atoms with van der Waals surface area (Å²) in [6.07, 6.45) is 0.766. The molecule has 0 bridgehead atoms. The van der Waals surface area contributed by atoms with Crippen LogP contribution >= 0.6 is 0 Å². The molecule has 1 N–H and O–H groups in total. The Morgan fingerprint density at radius 3 is 2.84 bits per heavy atom. The van der Waals surface area contributed by atoms with Crippen molar-refractivity contribution in [1.29, 1.82) is 0 Å². The molecule has 2 fully saturated rings. The van der Waals surface area contributed by atoms with E-state index in [1.54, 1.807) is 0 Å². The van der Waals surface area contributed by atoms with Crippen LogP contribution in [0.2, 0.25) is 0 Å². The first-order valence-corrected chi connectivity index (χ1v) is 6.93. The maximum absolute atomic E-state index is 9.54. The second-order valence-corrected chi connectivity index (χ2v) is 5.56. The van der Waals surface area contributed by atoms with Gasteiger partial charge < -0.3 is 14.6 Å². The zero-order valence-corrected chi connectivity index (χ0v) is 11.3. The number of benzene rings is 1. The van der Waals surface area contributed by atoms with Crippen LogP contribution in [-0.2, 0) is 15.3 Å². The van der Waals surface area contributed by atoms with Gasteiger partial charge in [-0.2, -0.15) is 0 Å². The van der Waals surface area contributed by atoms with Crippen LogP contribution in [-0.4, -0.2) is 48.5 Å². The first-order valence-electron chi connectivity index (χ1n) is 6.93. The topological polar surface area (TPSA) is 41.9 Å². The molecule has 4 nitrogen and oxygen atoms in total. The highest BCUT2D eigenvalue weighted by atomic mass is 16.7. The predicted octanol–water partition coefficient (Wildman–Crippen LogP) is 1.34. The quantitative estimate of drug-likeness (QED) is 0.893. The van der Waals surface area contributed by atoms with Crippen molar-refractivity contribution in [2.45, 2.75) is 31.3 Å². The van der Waals surface area contributed by atoms with E-state index in [1.807, 2.05) is 37.3 Å². The Bertz CT molecular complexity index is 425. The van der Waals surface area contributed by atoms with Crippen LogP contribution in [0.4, 0.5) is 0 Å². The third kappa shape index (κ3) is 2.82. The van der Waals surface area contributed by atoms with Crippen molar-refractivity contribution in [3.63, 3.8) is 0 Å². The van der Waals surface area contributed by atoms with Crippen LogP contribution in [0.1, 0.15) is 18.9 Å². The third-order valence-corrected chi connectivity index (χ3v) is 3.94. The van der Waals surface area contributed by atoms with Crippen molar-refractivity contribution in [1.82, 2.24) is 4.90 Å². The molecule has 4 heteroatoms. The summed E-state index contributed by atoms with van der Waals surface area (Å²) in [5.41, 5.74) is 1.05. The summed E-state index contributed by atoms with van der Waals surface area (Å²) < 4.78 is 12.0. The molecule has 2 saturated heterocycles. The summed E-state index contributed by atoms with van der Waals surface area (Å²) in [6.45, 7) is 5.11. The lowest BCUT2D eigenvalue weighted by Gasteiger charge is -2.25. The molecular weight excluding hydrogens is 242 g/mol. The van der Waals surface area contributed by atoms with E-state index in [1.165, 1.54) is 0 Å². The molecule has 0 aliphatic carbocycles. The molecule has 3 rings (SSSR count). The van der Waals surface area contributed by atoms with Crippen molar-refractivity contribution in [3.05, 3.63) is 35.9 Å². The van der Waals surface area contributed by atoms with Crippen molar-refractivity contribution < 1.29 is 14.6 Å². The maximum atomic E-state index is 9.54. The van der Waals surface area contributed by atoms with E-state index in [9.17, 15) is 5.11 Å². The second kappa shape index (κ2) is 5.21. The van der Waals surface area contributed by atoms with Crippen LogP contribution < -0.4 is 0 Å². The van der Waals surface area contributed by atoms with Gasteiger partial charge in [-0.25, -0.2) is 0 Å². The third-order valence-electron chi connectivity index (χ3n) is 3.94. The number of ether oxygens (including phenoxy) is 2. The van der Waals surface area contributed by atoms with Gasteiger partial charge in [-0.15, -0.1) is 0 Å². The van der Waals surface area contributed by atoms with Gasteiger partial charge in [-0.1, -0.05) is 30.3 Å². The highest BCUT2D eigenvalue weighted by Gasteiger charge is 2.39. The number of nitrogens with zero attached hydrogens (tertiary/aromatic N) is 1. The summed E-state index contributed by atoms with van der Waals surface area (Å²) in [7, 11) is 0. The van der Waals surface area contributed by atoms with Crippen LogP contribution in [0.15, 0.2) is 30.3 Å². The Labute approximate surface area is 113 Å². The fraction of sp³-hybridized carbons (Fsp3) is 0.600. The van der Waals surface area contributed by atoms with Gasteiger partial charge in [-0.05, 0) is 13.3 Å². The van der Waals surface area contributed by atoms with Crippen LogP contribution in [0.3, 0.4) is 0 Å². The molecule has 3 atom stereocenters. The van der Waals surface area contributed by atoms with Crippen molar-refractivity contribution in [3.8, 4) is 0 Å². The number of aliphatic hydroxyl groups is 1. The normalized spacial score (nSPS) is 35.9. The number of hydrogen-bond acceptors (Lipinski definition) is 4. The summed E-state index contributed by atoms with van der Waals surface area (Å²) in [4.78, 5) is 2.25. The van der Waals surface area contributed by atoms with Crippen molar-refractivity contribution >= 4 is 0 Å². The summed E-state index contributed by atoms with van der Waals surface area (Å²) in [5, 5.41) is 9.54. The van der Waals surface area contributed by atoms with Gasteiger partial charge in [0, 0.05) is 25.2 Å². The van der Waals surface area contributed by atoms with Gasteiger partial charge in [0.1, 0.15) is 0 Å². The molecule has 2 heterocycles. The average molecular weight is 263 g/mol. The standard InChI is InChI=1S/C15H21NO3/c1-15(12-5-3-2-4-6-12)18-11-14(19-15)10-16-8-7-13(17)9-16/h2-6,13-14,17H,7-11H2,1H3/t13-,14?,15?/m0/s1. The van der Waals surface area contributed by atoms with E-state index in [4.69, 9.17) is 9.47 Å². The molecule has 0 amide bonds. The minimum atomic E-state index is -0.635. The Balaban J connectivity index is 1.60. The lowest BCUT2D eigenvalue weighted by atomic mass is 10.1. The van der Waals surface area contributed by atoms with E-state index in [0.717, 1.165) is 31.6 Å². The molecule has 2 aliphatic rings. The molecule has 104 valence electrons. The monoisotopic (exact) mass is 263 g/mol. The van der Waals surface area contributed by atoms with Gasteiger partial charge >= 0.3 is 0 Å². The minimum absolute atomic E-state index is 0.0792. The zero-order valence-electron chi connectivity index (χ0n) is 11.3. The molecule has 0 aromatic heterocycles. The second-order valence-electron chi connectivity index (χ2n) is 5.56. The lowest BCUT2D eigenvalue weighted by molar-refractivity contribution is -0.163. The van der Waals surface area contributed by atoms with Crippen LogP contribution in [0, 0.1) is 0 Å². The molecule has 0 radical (unpaired) electrons. The van der Waals surface area contributed by atoms with Gasteiger partial charge in [0.15, 0.2) is 5.79 Å². The van der Waals surface area contributed by atoms with E-state index < -0.39 is 5.79 Å². The number of likely N-dealkylation sites (tertiary alicyclic amines) is 1. The van der Waals surface area contributed by atoms with Crippen molar-refractivity contribution in [2.75, 3.05) is 26.2 Å². The molecule has 1 aromatic carbocycles. The summed E-state index contributed by atoms with van der Waals surface area (Å²) in [5.74, 6) is -0.635. The van der Waals surface area contributed by atoms with Gasteiger partial charge in [-0.3, -0.25) is 4.90 Å². The number of β-amino-alcohol motifs (C(OH)–C–C–N with tert-alkyl or cyclic N) is 1. The van der Waals surface area contributed by atoms with Crippen LogP contribution in [0.25, 0.3) is 0 Å². The van der Waals surface area contributed by atoms with Crippen molar-refractivity contribution in [2.24, 2.45) is 0 Å². The Hall–Kier alpha value is -0.940. The highest BCUT2D eigenvalue weighted by molar-refractivity contribution is 5.20. The molecule has 2 aliphatic heterocycles. The fourth-order valence-electron chi connectivity index (χ4n) is 2.89. The van der Waals surface area contributed by atoms with Gasteiger partial charge in [0.25, 0.3) is 0 Å².